The molecule has 0 heterocycles. The van der Waals surface area contributed by atoms with Crippen LogP contribution in [0.4, 0.5) is 11.4 Å². The van der Waals surface area contributed by atoms with Crippen LogP contribution in [0.15, 0.2) is 49.6 Å². The van der Waals surface area contributed by atoms with Crippen molar-refractivity contribution in [1.82, 2.24) is 4.90 Å². The molecule has 0 atom stereocenters. The summed E-state index contributed by atoms with van der Waals surface area (Å²) in [4.78, 5) is 12.1. The van der Waals surface area contributed by atoms with E-state index >= 15 is 0 Å². The first-order valence-corrected chi connectivity index (χ1v) is 6.01. The van der Waals surface area contributed by atoms with Crippen molar-refractivity contribution < 1.29 is 4.92 Å². The molecule has 0 spiro atoms. The van der Waals surface area contributed by atoms with Crippen molar-refractivity contribution in [3.05, 3.63) is 59.7 Å². The van der Waals surface area contributed by atoms with E-state index in [0.717, 1.165) is 0 Å². The lowest BCUT2D eigenvalue weighted by molar-refractivity contribution is -0.384. The lowest BCUT2D eigenvalue weighted by atomic mass is 10.3. The van der Waals surface area contributed by atoms with E-state index in [1.165, 1.54) is 12.1 Å². The largest absolute Gasteiger partial charge is 0.342 e. The van der Waals surface area contributed by atoms with E-state index < -0.39 is 4.92 Å². The molecule has 0 aliphatic heterocycles. The van der Waals surface area contributed by atoms with Crippen LogP contribution in [0.5, 0.6) is 0 Å². The van der Waals surface area contributed by atoms with Gasteiger partial charge >= 0.3 is 0 Å². The Labute approximate surface area is 117 Å². The van der Waals surface area contributed by atoms with E-state index in [2.05, 4.69) is 18.5 Å². The molecule has 0 aliphatic rings. The molecule has 0 saturated heterocycles. The third-order valence-electron chi connectivity index (χ3n) is 2.29. The lowest BCUT2D eigenvalue weighted by Crippen LogP contribution is -2.34. The van der Waals surface area contributed by atoms with E-state index in [-0.39, 0.29) is 5.69 Å². The molecule has 0 bridgehead atoms. The van der Waals surface area contributed by atoms with Gasteiger partial charge in [-0.3, -0.25) is 10.1 Å². The molecule has 1 aromatic carbocycles. The maximum Gasteiger partial charge on any atom is 0.271 e. The van der Waals surface area contributed by atoms with Gasteiger partial charge in [0.1, 0.15) is 0 Å². The van der Waals surface area contributed by atoms with Crippen LogP contribution in [-0.4, -0.2) is 28.0 Å². The molecule has 100 valence electrons. The highest BCUT2D eigenvalue weighted by Crippen LogP contribution is 2.17. The lowest BCUT2D eigenvalue weighted by Gasteiger charge is -2.22. The van der Waals surface area contributed by atoms with Crippen molar-refractivity contribution in [2.45, 2.75) is 0 Å². The Balaban J connectivity index is 2.79. The Morgan fingerprint density at radius 3 is 2.58 bits per heavy atom. The van der Waals surface area contributed by atoms with E-state index in [1.54, 1.807) is 24.3 Å². The monoisotopic (exact) mass is 277 g/mol. The van der Waals surface area contributed by atoms with E-state index in [9.17, 15) is 10.1 Å². The minimum absolute atomic E-state index is 0.0202. The number of non-ortho nitro benzene ring substituents is 1. The molecular formula is C13H15N3O2S. The predicted octanol–water partition coefficient (Wildman–Crippen LogP) is 2.97. The Morgan fingerprint density at radius 1 is 1.42 bits per heavy atom. The van der Waals surface area contributed by atoms with Gasteiger partial charge in [-0.2, -0.15) is 0 Å². The highest BCUT2D eigenvalue weighted by molar-refractivity contribution is 7.80. The maximum absolute atomic E-state index is 10.7. The molecule has 0 saturated carbocycles. The van der Waals surface area contributed by atoms with Gasteiger partial charge in [-0.25, -0.2) is 0 Å². The minimum Gasteiger partial charge on any atom is -0.342 e. The molecule has 1 rings (SSSR count). The number of nitro groups is 1. The van der Waals surface area contributed by atoms with Gasteiger partial charge in [0.2, 0.25) is 0 Å². The molecule has 0 aliphatic carbocycles. The summed E-state index contributed by atoms with van der Waals surface area (Å²) in [6.07, 6.45) is 3.45. The summed E-state index contributed by atoms with van der Waals surface area (Å²) in [7, 11) is 0. The fourth-order valence-corrected chi connectivity index (χ4v) is 1.72. The molecule has 19 heavy (non-hydrogen) atoms. The van der Waals surface area contributed by atoms with Gasteiger partial charge in [0, 0.05) is 30.9 Å². The predicted molar refractivity (Wildman–Crippen MR) is 81.3 cm³/mol. The van der Waals surface area contributed by atoms with Crippen molar-refractivity contribution in [2.24, 2.45) is 0 Å². The number of nitro benzene ring substituents is 1. The molecule has 0 unspecified atom stereocenters. The van der Waals surface area contributed by atoms with Gasteiger partial charge in [-0.05, 0) is 18.3 Å². The first kappa shape index (κ1) is 14.8. The molecular weight excluding hydrogens is 262 g/mol. The number of hydrogen-bond acceptors (Lipinski definition) is 3. The van der Waals surface area contributed by atoms with Crippen LogP contribution in [-0.2, 0) is 0 Å². The van der Waals surface area contributed by atoms with Crippen LogP contribution >= 0.6 is 12.2 Å². The van der Waals surface area contributed by atoms with Crippen LogP contribution in [0.25, 0.3) is 0 Å². The summed E-state index contributed by atoms with van der Waals surface area (Å²) in [6.45, 7) is 8.47. The Bertz CT molecular complexity index is 492. The summed E-state index contributed by atoms with van der Waals surface area (Å²) < 4.78 is 0. The first-order valence-electron chi connectivity index (χ1n) is 5.60. The van der Waals surface area contributed by atoms with Gasteiger partial charge in [0.05, 0.1) is 4.92 Å². The van der Waals surface area contributed by atoms with E-state index in [0.29, 0.717) is 23.9 Å². The number of anilines is 1. The maximum atomic E-state index is 10.7. The number of hydrogen-bond donors (Lipinski definition) is 1. The highest BCUT2D eigenvalue weighted by Gasteiger charge is 2.09. The first-order chi connectivity index (χ1) is 9.08. The number of rotatable bonds is 6. The molecule has 0 aromatic heterocycles. The van der Waals surface area contributed by atoms with Crippen molar-refractivity contribution in [1.29, 1.82) is 0 Å². The summed E-state index contributed by atoms with van der Waals surface area (Å²) in [5.74, 6) is 0. The zero-order chi connectivity index (χ0) is 14.3. The van der Waals surface area contributed by atoms with Crippen LogP contribution in [0.1, 0.15) is 0 Å². The van der Waals surface area contributed by atoms with Gasteiger partial charge in [0.15, 0.2) is 5.11 Å². The molecule has 1 N–H and O–H groups in total. The second kappa shape index (κ2) is 7.27. The van der Waals surface area contributed by atoms with Crippen LogP contribution in [0.3, 0.4) is 0 Å². The zero-order valence-electron chi connectivity index (χ0n) is 10.4. The molecule has 6 heteroatoms. The van der Waals surface area contributed by atoms with E-state index in [4.69, 9.17) is 12.2 Å². The SMILES string of the molecule is C=CCN(CC=C)C(=S)Nc1cccc([N+](=O)[O-])c1. The Kier molecular flexibility index (Phi) is 5.69. The van der Waals surface area contributed by atoms with Gasteiger partial charge in [-0.15, -0.1) is 13.2 Å². The average Bonchev–Trinajstić information content (AvgIpc) is 2.38. The Hall–Kier alpha value is -2.21. The quantitative estimate of drug-likeness (QED) is 0.375. The molecule has 1 aromatic rings. The number of nitrogens with one attached hydrogen (secondary N) is 1. The second-order valence-electron chi connectivity index (χ2n) is 3.72. The number of benzene rings is 1. The third-order valence-corrected chi connectivity index (χ3v) is 2.65. The van der Waals surface area contributed by atoms with Crippen LogP contribution < -0.4 is 5.32 Å². The molecule has 5 nitrogen and oxygen atoms in total. The molecule has 0 fully saturated rings. The fourth-order valence-electron chi connectivity index (χ4n) is 1.45. The zero-order valence-corrected chi connectivity index (χ0v) is 11.2. The minimum atomic E-state index is -0.445. The van der Waals surface area contributed by atoms with Crippen molar-refractivity contribution in [3.63, 3.8) is 0 Å². The second-order valence-corrected chi connectivity index (χ2v) is 4.11. The standard InChI is InChI=1S/C13H15N3O2S/c1-3-8-15(9-4-2)13(19)14-11-6-5-7-12(10-11)16(17)18/h3-7,10H,1-2,8-9H2,(H,14,19). The van der Waals surface area contributed by atoms with Crippen molar-refractivity contribution in [3.8, 4) is 0 Å². The number of nitrogens with zero attached hydrogens (tertiary/aromatic N) is 2. The van der Waals surface area contributed by atoms with Crippen molar-refractivity contribution in [2.75, 3.05) is 18.4 Å². The molecule has 0 amide bonds. The average molecular weight is 277 g/mol. The smallest absolute Gasteiger partial charge is 0.271 e. The van der Waals surface area contributed by atoms with Gasteiger partial charge in [0.25, 0.3) is 5.69 Å². The number of thiocarbonyl (C=S) groups is 1. The highest BCUT2D eigenvalue weighted by atomic mass is 32.1. The van der Waals surface area contributed by atoms with Crippen molar-refractivity contribution >= 4 is 28.7 Å². The van der Waals surface area contributed by atoms with Gasteiger partial charge in [-0.1, -0.05) is 18.2 Å². The van der Waals surface area contributed by atoms with Gasteiger partial charge < -0.3 is 10.2 Å². The summed E-state index contributed by atoms with van der Waals surface area (Å²) in [5.41, 5.74) is 0.601. The summed E-state index contributed by atoms with van der Waals surface area (Å²) in [6, 6.07) is 6.19. The Morgan fingerprint density at radius 2 is 2.05 bits per heavy atom. The van der Waals surface area contributed by atoms with Crippen LogP contribution in [0.2, 0.25) is 0 Å². The van der Waals surface area contributed by atoms with Crippen LogP contribution in [0, 0.1) is 10.1 Å². The fraction of sp³-hybridized carbons (Fsp3) is 0.154. The summed E-state index contributed by atoms with van der Waals surface area (Å²) in [5, 5.41) is 14.1. The van der Waals surface area contributed by atoms with E-state index in [1.807, 2.05) is 4.90 Å². The normalized spacial score (nSPS) is 9.47. The third kappa shape index (κ3) is 4.51. The summed E-state index contributed by atoms with van der Waals surface area (Å²) >= 11 is 5.25. The molecule has 0 radical (unpaired) electrons. The topological polar surface area (TPSA) is 58.4 Å².